The van der Waals surface area contributed by atoms with Crippen LogP contribution in [-0.4, -0.2) is 24.3 Å². The SMILES string of the molecule is O=C(NCc1cccnc1-c1ccccc1)c1ccccc1NS(=O)(=O)c1cccc2cccnc12. The summed E-state index contributed by atoms with van der Waals surface area (Å²) >= 11 is 0. The second-order valence-corrected chi connectivity index (χ2v) is 9.69. The van der Waals surface area contributed by atoms with Crippen molar-refractivity contribution >= 4 is 32.5 Å². The maximum Gasteiger partial charge on any atom is 0.264 e. The quantitative estimate of drug-likeness (QED) is 0.331. The van der Waals surface area contributed by atoms with E-state index in [1.807, 2.05) is 42.5 Å². The highest BCUT2D eigenvalue weighted by molar-refractivity contribution is 7.93. The van der Waals surface area contributed by atoms with E-state index in [2.05, 4.69) is 20.0 Å². The number of benzene rings is 3. The topological polar surface area (TPSA) is 101 Å². The summed E-state index contributed by atoms with van der Waals surface area (Å²) in [7, 11) is -4.01. The van der Waals surface area contributed by atoms with Crippen molar-refractivity contribution < 1.29 is 13.2 Å². The number of fused-ring (bicyclic) bond motifs is 1. The second kappa shape index (κ2) is 9.97. The Labute approximate surface area is 208 Å². The van der Waals surface area contributed by atoms with Gasteiger partial charge in [0.1, 0.15) is 4.90 Å². The van der Waals surface area contributed by atoms with Crippen LogP contribution >= 0.6 is 0 Å². The second-order valence-electron chi connectivity index (χ2n) is 8.04. The third-order valence-electron chi connectivity index (χ3n) is 5.68. The Morgan fingerprint density at radius 1 is 0.750 bits per heavy atom. The van der Waals surface area contributed by atoms with Crippen molar-refractivity contribution in [2.75, 3.05) is 4.72 Å². The molecule has 5 rings (SSSR count). The zero-order chi connectivity index (χ0) is 25.0. The molecule has 1 amide bonds. The number of sulfonamides is 1. The van der Waals surface area contributed by atoms with Crippen LogP contribution in [0.3, 0.4) is 0 Å². The monoisotopic (exact) mass is 494 g/mol. The Hall–Kier alpha value is -4.56. The van der Waals surface area contributed by atoms with Gasteiger partial charge >= 0.3 is 0 Å². The van der Waals surface area contributed by atoms with E-state index in [1.54, 1.807) is 60.9 Å². The largest absolute Gasteiger partial charge is 0.348 e. The molecule has 7 nitrogen and oxygen atoms in total. The molecule has 0 bridgehead atoms. The molecule has 0 radical (unpaired) electrons. The molecule has 0 spiro atoms. The summed E-state index contributed by atoms with van der Waals surface area (Å²) in [4.78, 5) is 21.9. The summed E-state index contributed by atoms with van der Waals surface area (Å²) in [6, 6.07) is 28.4. The van der Waals surface area contributed by atoms with Crippen LogP contribution in [0.4, 0.5) is 5.69 Å². The molecular weight excluding hydrogens is 472 g/mol. The zero-order valence-electron chi connectivity index (χ0n) is 19.1. The number of para-hydroxylation sites is 2. The van der Waals surface area contributed by atoms with E-state index < -0.39 is 15.9 Å². The van der Waals surface area contributed by atoms with Crippen molar-refractivity contribution in [3.05, 3.63) is 121 Å². The molecule has 0 saturated heterocycles. The molecule has 36 heavy (non-hydrogen) atoms. The van der Waals surface area contributed by atoms with Crippen LogP contribution < -0.4 is 10.0 Å². The average molecular weight is 495 g/mol. The first-order chi connectivity index (χ1) is 17.5. The van der Waals surface area contributed by atoms with Gasteiger partial charge in [-0.1, -0.05) is 66.7 Å². The molecule has 0 saturated carbocycles. The molecule has 2 heterocycles. The molecule has 8 heteroatoms. The van der Waals surface area contributed by atoms with E-state index in [4.69, 9.17) is 0 Å². The van der Waals surface area contributed by atoms with Gasteiger partial charge in [0.05, 0.1) is 22.5 Å². The van der Waals surface area contributed by atoms with Gasteiger partial charge in [-0.3, -0.25) is 19.5 Å². The van der Waals surface area contributed by atoms with Crippen molar-refractivity contribution in [3.8, 4) is 11.3 Å². The molecule has 0 atom stereocenters. The van der Waals surface area contributed by atoms with E-state index >= 15 is 0 Å². The first-order valence-corrected chi connectivity index (χ1v) is 12.7. The van der Waals surface area contributed by atoms with E-state index in [-0.39, 0.29) is 22.7 Å². The number of carbonyl (C=O) groups is 1. The maximum atomic E-state index is 13.3. The molecule has 0 aliphatic heterocycles. The summed E-state index contributed by atoms with van der Waals surface area (Å²) in [5.41, 5.74) is 3.31. The van der Waals surface area contributed by atoms with Gasteiger partial charge in [-0.25, -0.2) is 8.42 Å². The predicted molar refractivity (Wildman–Crippen MR) is 140 cm³/mol. The first-order valence-electron chi connectivity index (χ1n) is 11.3. The minimum Gasteiger partial charge on any atom is -0.348 e. The third kappa shape index (κ3) is 4.80. The van der Waals surface area contributed by atoms with E-state index in [1.165, 1.54) is 6.07 Å². The van der Waals surface area contributed by atoms with Crippen molar-refractivity contribution in [1.82, 2.24) is 15.3 Å². The Kier molecular flexibility index (Phi) is 6.42. The van der Waals surface area contributed by atoms with Crippen molar-refractivity contribution in [2.24, 2.45) is 0 Å². The number of nitrogens with one attached hydrogen (secondary N) is 2. The number of rotatable bonds is 7. The minimum atomic E-state index is -4.01. The van der Waals surface area contributed by atoms with Crippen molar-refractivity contribution in [3.63, 3.8) is 0 Å². The van der Waals surface area contributed by atoms with Crippen LogP contribution in [0.2, 0.25) is 0 Å². The highest BCUT2D eigenvalue weighted by Crippen LogP contribution is 2.25. The Morgan fingerprint density at radius 2 is 1.47 bits per heavy atom. The fourth-order valence-electron chi connectivity index (χ4n) is 3.97. The third-order valence-corrected chi connectivity index (χ3v) is 7.08. The van der Waals surface area contributed by atoms with Crippen LogP contribution in [0.1, 0.15) is 15.9 Å². The van der Waals surface area contributed by atoms with E-state index in [9.17, 15) is 13.2 Å². The lowest BCUT2D eigenvalue weighted by Crippen LogP contribution is -2.25. The summed E-state index contributed by atoms with van der Waals surface area (Å²) in [6.07, 6.45) is 3.25. The summed E-state index contributed by atoms with van der Waals surface area (Å²) in [5.74, 6) is -0.410. The number of nitrogens with zero attached hydrogens (tertiary/aromatic N) is 2. The number of hydrogen-bond acceptors (Lipinski definition) is 5. The number of hydrogen-bond donors (Lipinski definition) is 2. The molecule has 0 aliphatic carbocycles. The van der Waals surface area contributed by atoms with Crippen LogP contribution in [0.25, 0.3) is 22.2 Å². The molecule has 2 N–H and O–H groups in total. The first kappa shape index (κ1) is 23.2. The summed E-state index contributed by atoms with van der Waals surface area (Å²) in [6.45, 7) is 0.227. The van der Waals surface area contributed by atoms with Crippen LogP contribution in [-0.2, 0) is 16.6 Å². The molecule has 0 aliphatic rings. The van der Waals surface area contributed by atoms with Gasteiger partial charge in [-0.2, -0.15) is 0 Å². The number of amides is 1. The molecule has 178 valence electrons. The zero-order valence-corrected chi connectivity index (χ0v) is 19.9. The number of aromatic nitrogens is 2. The van der Waals surface area contributed by atoms with Crippen molar-refractivity contribution in [1.29, 1.82) is 0 Å². The van der Waals surface area contributed by atoms with E-state index in [0.717, 1.165) is 16.8 Å². The predicted octanol–water partition coefficient (Wildman–Crippen LogP) is 5.03. The highest BCUT2D eigenvalue weighted by atomic mass is 32.2. The summed E-state index contributed by atoms with van der Waals surface area (Å²) in [5, 5.41) is 3.60. The maximum absolute atomic E-state index is 13.3. The molecule has 3 aromatic carbocycles. The van der Waals surface area contributed by atoms with Gasteiger partial charge in [0, 0.05) is 29.9 Å². The molecule has 5 aromatic rings. The standard InChI is InChI=1S/C28H22N4O3S/c33-28(31-19-22-13-8-17-29-26(22)20-9-2-1-3-10-20)23-14-4-5-15-24(23)32-36(34,35)25-16-6-11-21-12-7-18-30-27(21)25/h1-18,32H,19H2,(H,31,33). The van der Waals surface area contributed by atoms with Gasteiger partial charge in [-0.05, 0) is 35.9 Å². The lowest BCUT2D eigenvalue weighted by molar-refractivity contribution is 0.0952. The summed E-state index contributed by atoms with van der Waals surface area (Å²) < 4.78 is 29.1. The van der Waals surface area contributed by atoms with E-state index in [0.29, 0.717) is 10.9 Å². The van der Waals surface area contributed by atoms with Crippen LogP contribution in [0.15, 0.2) is 114 Å². The number of carbonyl (C=O) groups excluding carboxylic acids is 1. The molecular formula is C28H22N4O3S. The molecule has 0 unspecified atom stereocenters. The Balaban J connectivity index is 1.39. The number of pyridine rings is 2. The lowest BCUT2D eigenvalue weighted by Gasteiger charge is -2.14. The van der Waals surface area contributed by atoms with Crippen LogP contribution in [0, 0.1) is 0 Å². The van der Waals surface area contributed by atoms with Crippen LogP contribution in [0.5, 0.6) is 0 Å². The van der Waals surface area contributed by atoms with Gasteiger partial charge in [0.15, 0.2) is 0 Å². The average Bonchev–Trinajstić information content (AvgIpc) is 2.92. The lowest BCUT2D eigenvalue weighted by atomic mass is 10.1. The smallest absolute Gasteiger partial charge is 0.264 e. The van der Waals surface area contributed by atoms with Gasteiger partial charge in [0.25, 0.3) is 15.9 Å². The molecule has 0 fully saturated rings. The highest BCUT2D eigenvalue weighted by Gasteiger charge is 2.21. The fourth-order valence-corrected chi connectivity index (χ4v) is 5.23. The Morgan fingerprint density at radius 3 is 2.33 bits per heavy atom. The van der Waals surface area contributed by atoms with Gasteiger partial charge in [-0.15, -0.1) is 0 Å². The Bertz CT molecular complexity index is 1650. The van der Waals surface area contributed by atoms with Crippen molar-refractivity contribution in [2.45, 2.75) is 11.4 Å². The minimum absolute atomic E-state index is 0.0404. The fraction of sp³-hybridized carbons (Fsp3) is 0.0357. The van der Waals surface area contributed by atoms with Gasteiger partial charge in [0.2, 0.25) is 0 Å². The normalized spacial score (nSPS) is 11.2. The number of anilines is 1. The molecule has 2 aromatic heterocycles. The van der Waals surface area contributed by atoms with Gasteiger partial charge < -0.3 is 5.32 Å².